The van der Waals surface area contributed by atoms with Gasteiger partial charge in [-0.15, -0.1) is 0 Å². The zero-order chi connectivity index (χ0) is 22.6. The lowest BCUT2D eigenvalue weighted by Gasteiger charge is -2.30. The summed E-state index contributed by atoms with van der Waals surface area (Å²) >= 11 is 0. The fourth-order valence-electron chi connectivity index (χ4n) is 4.00. The summed E-state index contributed by atoms with van der Waals surface area (Å²) < 4.78 is 29.5. The largest absolute Gasteiger partial charge is 0.348 e. The fraction of sp³-hybridized carbons (Fsp3) is 0.348. The normalized spacial score (nSPS) is 15.1. The molecule has 0 radical (unpaired) electrons. The number of carbonyl (C=O) groups is 1. The minimum atomic E-state index is -3.66. The van der Waals surface area contributed by atoms with Crippen molar-refractivity contribution in [1.29, 1.82) is 0 Å². The van der Waals surface area contributed by atoms with E-state index in [0.717, 1.165) is 37.7 Å². The Balaban J connectivity index is 1.45. The van der Waals surface area contributed by atoms with Crippen LogP contribution in [0.25, 0.3) is 5.82 Å². The summed E-state index contributed by atoms with van der Waals surface area (Å²) in [5.74, 6) is 0.372. The molecule has 9 heteroatoms. The number of rotatable bonds is 7. The van der Waals surface area contributed by atoms with Crippen molar-refractivity contribution in [2.24, 2.45) is 0 Å². The van der Waals surface area contributed by atoms with Crippen LogP contribution in [0.2, 0.25) is 0 Å². The van der Waals surface area contributed by atoms with Gasteiger partial charge >= 0.3 is 0 Å². The van der Waals surface area contributed by atoms with E-state index >= 15 is 0 Å². The second-order valence-electron chi connectivity index (χ2n) is 8.02. The summed E-state index contributed by atoms with van der Waals surface area (Å²) in [6.45, 7) is 0.294. The average molecular weight is 454 g/mol. The van der Waals surface area contributed by atoms with Crippen LogP contribution < -0.4 is 5.32 Å². The first-order valence-corrected chi connectivity index (χ1v) is 12.2. The summed E-state index contributed by atoms with van der Waals surface area (Å²) in [5.41, 5.74) is 1.19. The van der Waals surface area contributed by atoms with Gasteiger partial charge in [0.15, 0.2) is 0 Å². The molecule has 1 amide bonds. The second-order valence-corrected chi connectivity index (χ2v) is 10.0. The van der Waals surface area contributed by atoms with Crippen molar-refractivity contribution in [2.75, 3.05) is 7.05 Å². The van der Waals surface area contributed by atoms with Crippen molar-refractivity contribution < 1.29 is 13.2 Å². The molecular weight excluding hydrogens is 426 g/mol. The number of nitrogens with one attached hydrogen (secondary N) is 1. The van der Waals surface area contributed by atoms with Crippen LogP contribution in [-0.4, -0.2) is 46.3 Å². The predicted octanol–water partition coefficient (Wildman–Crippen LogP) is 3.15. The highest BCUT2D eigenvalue weighted by atomic mass is 32.2. The lowest BCUT2D eigenvalue weighted by molar-refractivity contribution is 0.0950. The molecule has 3 aromatic rings. The van der Waals surface area contributed by atoms with Gasteiger partial charge in [0.25, 0.3) is 5.91 Å². The molecule has 2 aromatic heterocycles. The van der Waals surface area contributed by atoms with Crippen molar-refractivity contribution in [3.63, 3.8) is 0 Å². The molecule has 0 bridgehead atoms. The van der Waals surface area contributed by atoms with Crippen LogP contribution in [0.1, 0.15) is 48.0 Å². The van der Waals surface area contributed by atoms with Gasteiger partial charge in [0.2, 0.25) is 10.0 Å². The SMILES string of the molecule is CN(C1CCCCC1)S(=O)(=O)c1cccc(C(=O)NCc2ccnc(-n3ccnc3)c2)c1. The first kappa shape index (κ1) is 22.2. The molecular formula is C23H27N5O3S. The first-order valence-electron chi connectivity index (χ1n) is 10.7. The van der Waals surface area contributed by atoms with Crippen LogP contribution in [0.3, 0.4) is 0 Å². The van der Waals surface area contributed by atoms with Crippen LogP contribution >= 0.6 is 0 Å². The number of carbonyl (C=O) groups excluding carboxylic acids is 1. The van der Waals surface area contributed by atoms with Gasteiger partial charge in [0, 0.05) is 43.8 Å². The van der Waals surface area contributed by atoms with Gasteiger partial charge in [-0.05, 0) is 48.7 Å². The monoisotopic (exact) mass is 453 g/mol. The Morgan fingerprint density at radius 1 is 1.16 bits per heavy atom. The molecule has 32 heavy (non-hydrogen) atoms. The van der Waals surface area contributed by atoms with E-state index in [4.69, 9.17) is 0 Å². The van der Waals surface area contributed by atoms with Gasteiger partial charge in [-0.3, -0.25) is 9.36 Å². The van der Waals surface area contributed by atoms with Gasteiger partial charge in [-0.25, -0.2) is 18.4 Å². The standard InChI is InChI=1S/C23H27N5O3S/c1-27(20-7-3-2-4-8-20)32(30,31)21-9-5-6-19(15-21)23(29)26-16-18-10-11-25-22(14-18)28-13-12-24-17-28/h5-6,9-15,17,20H,2-4,7-8,16H2,1H3,(H,26,29). The maximum atomic E-state index is 13.1. The molecule has 1 saturated carbocycles. The summed E-state index contributed by atoms with van der Waals surface area (Å²) in [5, 5.41) is 2.86. The molecule has 0 saturated heterocycles. The van der Waals surface area contributed by atoms with E-state index in [1.54, 1.807) is 54.7 Å². The van der Waals surface area contributed by atoms with Gasteiger partial charge in [-0.2, -0.15) is 4.31 Å². The third kappa shape index (κ3) is 4.89. The maximum Gasteiger partial charge on any atom is 0.251 e. The molecule has 0 atom stereocenters. The summed E-state index contributed by atoms with van der Waals surface area (Å²) in [6, 6.07) is 9.93. The van der Waals surface area contributed by atoms with Crippen molar-refractivity contribution in [3.05, 3.63) is 72.4 Å². The molecule has 1 N–H and O–H groups in total. The molecule has 0 spiro atoms. The number of sulfonamides is 1. The highest BCUT2D eigenvalue weighted by Crippen LogP contribution is 2.26. The number of benzene rings is 1. The Morgan fingerprint density at radius 2 is 1.97 bits per heavy atom. The zero-order valence-corrected chi connectivity index (χ0v) is 18.8. The van der Waals surface area contributed by atoms with E-state index < -0.39 is 10.0 Å². The van der Waals surface area contributed by atoms with Crippen LogP contribution in [0, 0.1) is 0 Å². The number of aromatic nitrogens is 3. The molecule has 2 heterocycles. The Morgan fingerprint density at radius 3 is 2.72 bits per heavy atom. The Hall–Kier alpha value is -3.04. The summed E-state index contributed by atoms with van der Waals surface area (Å²) in [6.07, 6.45) is 11.8. The quantitative estimate of drug-likeness (QED) is 0.593. The third-order valence-corrected chi connectivity index (χ3v) is 7.80. The minimum Gasteiger partial charge on any atom is -0.348 e. The van der Waals surface area contributed by atoms with Gasteiger partial charge in [-0.1, -0.05) is 25.3 Å². The van der Waals surface area contributed by atoms with E-state index in [1.165, 1.54) is 10.4 Å². The Kier molecular flexibility index (Phi) is 6.66. The average Bonchev–Trinajstić information content (AvgIpc) is 3.38. The van der Waals surface area contributed by atoms with E-state index in [1.807, 2.05) is 12.1 Å². The second kappa shape index (κ2) is 9.62. The molecule has 1 aromatic carbocycles. The molecule has 8 nitrogen and oxygen atoms in total. The number of pyridine rings is 1. The van der Waals surface area contributed by atoms with Gasteiger partial charge in [0.05, 0.1) is 4.90 Å². The smallest absolute Gasteiger partial charge is 0.251 e. The molecule has 1 aliphatic rings. The van der Waals surface area contributed by atoms with Gasteiger partial charge < -0.3 is 5.32 Å². The van der Waals surface area contributed by atoms with Crippen molar-refractivity contribution >= 4 is 15.9 Å². The van der Waals surface area contributed by atoms with E-state index in [2.05, 4.69) is 15.3 Å². The molecule has 168 valence electrons. The molecule has 0 aliphatic heterocycles. The highest BCUT2D eigenvalue weighted by Gasteiger charge is 2.29. The Bertz CT molecular complexity index is 1170. The van der Waals surface area contributed by atoms with Crippen molar-refractivity contribution in [3.8, 4) is 5.82 Å². The van der Waals surface area contributed by atoms with E-state index in [9.17, 15) is 13.2 Å². The fourth-order valence-corrected chi connectivity index (χ4v) is 5.46. The first-order chi connectivity index (χ1) is 15.4. The zero-order valence-electron chi connectivity index (χ0n) is 18.0. The van der Waals surface area contributed by atoms with Crippen molar-refractivity contribution in [1.82, 2.24) is 24.2 Å². The van der Waals surface area contributed by atoms with Gasteiger partial charge in [0.1, 0.15) is 12.1 Å². The molecule has 1 fully saturated rings. The minimum absolute atomic E-state index is 0.0163. The van der Waals surface area contributed by atoms with Crippen LogP contribution in [0.15, 0.2) is 66.2 Å². The third-order valence-electron chi connectivity index (χ3n) is 5.89. The molecule has 0 unspecified atom stereocenters. The summed E-state index contributed by atoms with van der Waals surface area (Å²) in [7, 11) is -2.02. The van der Waals surface area contributed by atoms with Crippen LogP contribution in [0.5, 0.6) is 0 Å². The molecule has 4 rings (SSSR count). The van der Waals surface area contributed by atoms with Crippen LogP contribution in [-0.2, 0) is 16.6 Å². The number of amides is 1. The molecule has 1 aliphatic carbocycles. The summed E-state index contributed by atoms with van der Waals surface area (Å²) in [4.78, 5) is 21.2. The van der Waals surface area contributed by atoms with Crippen LogP contribution in [0.4, 0.5) is 0 Å². The highest BCUT2D eigenvalue weighted by molar-refractivity contribution is 7.89. The Labute approximate surface area is 188 Å². The number of nitrogens with zero attached hydrogens (tertiary/aromatic N) is 4. The topological polar surface area (TPSA) is 97.2 Å². The van der Waals surface area contributed by atoms with E-state index in [0.29, 0.717) is 17.9 Å². The predicted molar refractivity (Wildman–Crippen MR) is 121 cm³/mol. The number of hydrogen-bond donors (Lipinski definition) is 1. The lowest BCUT2D eigenvalue weighted by atomic mass is 9.96. The number of imidazole rings is 1. The number of hydrogen-bond acceptors (Lipinski definition) is 5. The maximum absolute atomic E-state index is 13.1. The van der Waals surface area contributed by atoms with Crippen molar-refractivity contribution in [2.45, 2.75) is 49.6 Å². The van der Waals surface area contributed by atoms with E-state index in [-0.39, 0.29) is 16.8 Å². The lowest BCUT2D eigenvalue weighted by Crippen LogP contribution is -2.38.